The van der Waals surface area contributed by atoms with Gasteiger partial charge in [0.15, 0.2) is 0 Å². The molecule has 0 aromatic carbocycles. The summed E-state index contributed by atoms with van der Waals surface area (Å²) in [4.78, 5) is 6.44. The maximum atomic E-state index is 12.4. The third kappa shape index (κ3) is 3.44. The predicted octanol–water partition coefficient (Wildman–Crippen LogP) is 2.27. The number of hydrogen-bond donors (Lipinski definition) is 2. The molecule has 0 aliphatic heterocycles. The van der Waals surface area contributed by atoms with E-state index in [9.17, 15) is 8.42 Å². The van der Waals surface area contributed by atoms with Crippen LogP contribution in [0, 0.1) is 6.92 Å². The number of nitrogens with one attached hydrogen (secondary N) is 2. The lowest BCUT2D eigenvalue weighted by Crippen LogP contribution is -2.27. The highest BCUT2D eigenvalue weighted by Crippen LogP contribution is 2.25. The van der Waals surface area contributed by atoms with Crippen LogP contribution in [0.5, 0.6) is 0 Å². The van der Waals surface area contributed by atoms with Gasteiger partial charge in [-0.25, -0.2) is 18.1 Å². The smallest absolute Gasteiger partial charge is 0.242 e. The fourth-order valence-electron chi connectivity index (χ4n) is 1.78. The molecule has 2 N–H and O–H groups in total. The maximum Gasteiger partial charge on any atom is 0.242 e. The van der Waals surface area contributed by atoms with Gasteiger partial charge in [-0.05, 0) is 32.3 Å². The second kappa shape index (κ2) is 6.31. The molecule has 20 heavy (non-hydrogen) atoms. The molecule has 0 aliphatic rings. The van der Waals surface area contributed by atoms with Crippen LogP contribution in [0.1, 0.15) is 27.7 Å². The van der Waals surface area contributed by atoms with E-state index in [1.54, 1.807) is 31.6 Å². The lowest BCUT2D eigenvalue weighted by atomic mass is 10.4. The Morgan fingerprint density at radius 1 is 1.45 bits per heavy atom. The van der Waals surface area contributed by atoms with E-state index in [2.05, 4.69) is 15.0 Å². The summed E-state index contributed by atoms with van der Waals surface area (Å²) in [6, 6.07) is 1.31. The zero-order valence-electron chi connectivity index (χ0n) is 11.5. The van der Waals surface area contributed by atoms with Crippen LogP contribution in [-0.2, 0) is 16.6 Å². The van der Waals surface area contributed by atoms with Crippen molar-refractivity contribution in [3.8, 4) is 0 Å². The minimum absolute atomic E-state index is 0.332. The molecule has 0 fully saturated rings. The molecule has 2 aromatic rings. The van der Waals surface area contributed by atoms with Gasteiger partial charge in [0.2, 0.25) is 10.0 Å². The lowest BCUT2D eigenvalue weighted by molar-refractivity contribution is 0.565. The Morgan fingerprint density at radius 3 is 2.80 bits per heavy atom. The van der Waals surface area contributed by atoms with Crippen LogP contribution in [0.4, 0.5) is 0 Å². The van der Waals surface area contributed by atoms with Crippen molar-refractivity contribution in [1.29, 1.82) is 0 Å². The van der Waals surface area contributed by atoms with E-state index in [4.69, 9.17) is 0 Å². The van der Waals surface area contributed by atoms with E-state index in [0.29, 0.717) is 11.4 Å². The number of sulfonamides is 1. The van der Waals surface area contributed by atoms with Crippen LogP contribution in [0.25, 0.3) is 0 Å². The molecule has 0 amide bonds. The van der Waals surface area contributed by atoms with Crippen molar-refractivity contribution in [3.05, 3.63) is 32.4 Å². The molecule has 0 bridgehead atoms. The minimum atomic E-state index is -3.52. The number of rotatable bonds is 6. The van der Waals surface area contributed by atoms with Gasteiger partial charge in [0.1, 0.15) is 5.01 Å². The Bertz CT molecular complexity index is 676. The van der Waals surface area contributed by atoms with Gasteiger partial charge >= 0.3 is 0 Å². The molecule has 0 aliphatic carbocycles. The van der Waals surface area contributed by atoms with Crippen molar-refractivity contribution in [1.82, 2.24) is 15.0 Å². The molecular formula is C12H17N3O2S3. The quantitative estimate of drug-likeness (QED) is 0.852. The van der Waals surface area contributed by atoms with Crippen LogP contribution < -0.4 is 10.0 Å². The van der Waals surface area contributed by atoms with E-state index in [1.165, 1.54) is 22.7 Å². The third-order valence-corrected chi connectivity index (χ3v) is 6.44. The number of nitrogens with zero attached hydrogens (tertiary/aromatic N) is 1. The Labute approximate surface area is 127 Å². The van der Waals surface area contributed by atoms with Crippen LogP contribution in [0.3, 0.4) is 0 Å². The number of aryl methyl sites for hydroxylation is 1. The van der Waals surface area contributed by atoms with Gasteiger partial charge in [-0.1, -0.05) is 0 Å². The zero-order valence-corrected chi connectivity index (χ0v) is 14.0. The second-order valence-corrected chi connectivity index (χ2v) is 8.34. The topological polar surface area (TPSA) is 71.1 Å². The standard InChI is InChI=1S/C12H17N3O2S3/c1-8-6-14-12(19-8)9(2)15-20(16,17)11-4-5-18-10(11)7-13-3/h4-6,9,13,15H,7H2,1-3H3. The average molecular weight is 331 g/mol. The fraction of sp³-hybridized carbons (Fsp3) is 0.417. The molecule has 0 saturated carbocycles. The molecule has 2 aromatic heterocycles. The molecule has 8 heteroatoms. The number of thiophene rings is 1. The van der Waals surface area contributed by atoms with Gasteiger partial charge in [-0.2, -0.15) is 0 Å². The summed E-state index contributed by atoms with van der Waals surface area (Å²) in [6.45, 7) is 4.30. The van der Waals surface area contributed by atoms with Gasteiger partial charge < -0.3 is 5.32 Å². The van der Waals surface area contributed by atoms with Gasteiger partial charge in [-0.3, -0.25) is 0 Å². The third-order valence-electron chi connectivity index (χ3n) is 2.67. The van der Waals surface area contributed by atoms with Gasteiger partial charge in [0, 0.05) is 22.5 Å². The van der Waals surface area contributed by atoms with E-state index in [1.807, 2.05) is 6.92 Å². The zero-order chi connectivity index (χ0) is 14.8. The summed E-state index contributed by atoms with van der Waals surface area (Å²) in [6.07, 6.45) is 1.75. The highest BCUT2D eigenvalue weighted by molar-refractivity contribution is 7.89. The first kappa shape index (κ1) is 15.6. The van der Waals surface area contributed by atoms with E-state index >= 15 is 0 Å². The van der Waals surface area contributed by atoms with Gasteiger partial charge in [0.05, 0.1) is 10.9 Å². The van der Waals surface area contributed by atoms with Gasteiger partial charge in [0.25, 0.3) is 0 Å². The first-order chi connectivity index (χ1) is 9.44. The highest BCUT2D eigenvalue weighted by atomic mass is 32.2. The summed E-state index contributed by atoms with van der Waals surface area (Å²) in [5, 5.41) is 5.54. The van der Waals surface area contributed by atoms with Crippen LogP contribution in [0.15, 0.2) is 22.5 Å². The molecule has 1 unspecified atom stereocenters. The average Bonchev–Trinajstić information content (AvgIpc) is 2.98. The minimum Gasteiger partial charge on any atom is -0.315 e. The summed E-state index contributed by atoms with van der Waals surface area (Å²) < 4.78 is 27.5. The van der Waals surface area contributed by atoms with Crippen molar-refractivity contribution in [2.75, 3.05) is 7.05 Å². The molecule has 1 atom stereocenters. The first-order valence-electron chi connectivity index (χ1n) is 6.09. The molecule has 2 heterocycles. The fourth-order valence-corrected chi connectivity index (χ4v) is 5.29. The first-order valence-corrected chi connectivity index (χ1v) is 9.27. The largest absolute Gasteiger partial charge is 0.315 e. The lowest BCUT2D eigenvalue weighted by Gasteiger charge is -2.12. The summed E-state index contributed by atoms with van der Waals surface area (Å²) in [5.74, 6) is 0. The highest BCUT2D eigenvalue weighted by Gasteiger charge is 2.23. The Kier molecular flexibility index (Phi) is 4.92. The monoisotopic (exact) mass is 331 g/mol. The molecule has 0 spiro atoms. The molecular weight excluding hydrogens is 314 g/mol. The SMILES string of the molecule is CNCc1sccc1S(=O)(=O)NC(C)c1ncc(C)s1. The van der Waals surface area contributed by atoms with Crippen LogP contribution >= 0.6 is 22.7 Å². The number of thiazole rings is 1. The van der Waals surface area contributed by atoms with Gasteiger partial charge in [-0.15, -0.1) is 22.7 Å². The van der Waals surface area contributed by atoms with Crippen molar-refractivity contribution in [2.45, 2.75) is 31.3 Å². The Hall–Kier alpha value is -0.800. The van der Waals surface area contributed by atoms with Crippen LogP contribution in [-0.4, -0.2) is 20.4 Å². The van der Waals surface area contributed by atoms with E-state index < -0.39 is 10.0 Å². The summed E-state index contributed by atoms with van der Waals surface area (Å²) in [5.41, 5.74) is 0. The Balaban J connectivity index is 2.20. The summed E-state index contributed by atoms with van der Waals surface area (Å²) >= 11 is 2.93. The summed E-state index contributed by atoms with van der Waals surface area (Å²) in [7, 11) is -1.72. The van der Waals surface area contributed by atoms with Crippen LogP contribution in [0.2, 0.25) is 0 Å². The Morgan fingerprint density at radius 2 is 2.20 bits per heavy atom. The maximum absolute atomic E-state index is 12.4. The van der Waals surface area contributed by atoms with Crippen molar-refractivity contribution in [3.63, 3.8) is 0 Å². The second-order valence-electron chi connectivity index (χ2n) is 4.39. The molecule has 0 radical (unpaired) electrons. The normalized spacial score (nSPS) is 13.6. The molecule has 2 rings (SSSR count). The molecule has 5 nitrogen and oxygen atoms in total. The molecule has 0 saturated heterocycles. The molecule has 110 valence electrons. The number of aromatic nitrogens is 1. The van der Waals surface area contributed by atoms with Crippen molar-refractivity contribution >= 4 is 32.7 Å². The predicted molar refractivity (Wildman–Crippen MR) is 82.7 cm³/mol. The number of hydrogen-bond acceptors (Lipinski definition) is 6. The van der Waals surface area contributed by atoms with E-state index in [-0.39, 0.29) is 6.04 Å². The van der Waals surface area contributed by atoms with E-state index in [0.717, 1.165) is 14.8 Å². The van der Waals surface area contributed by atoms with Crippen molar-refractivity contribution < 1.29 is 8.42 Å². The van der Waals surface area contributed by atoms with Crippen molar-refractivity contribution in [2.24, 2.45) is 0 Å².